The van der Waals surface area contributed by atoms with Crippen LogP contribution in [0.1, 0.15) is 13.3 Å². The van der Waals surface area contributed by atoms with Crippen LogP contribution in [-0.4, -0.2) is 28.7 Å². The highest BCUT2D eigenvalue weighted by Crippen LogP contribution is 2.26. The van der Waals surface area contributed by atoms with E-state index in [1.165, 1.54) is 4.90 Å². The number of likely N-dealkylation sites (tertiary alicyclic amines) is 1. The number of nitrogens with zero attached hydrogens (tertiary/aromatic N) is 2. The number of carboxylic acid groups (broad SMARTS) is 1. The Bertz CT molecular complexity index is 209. The monoisotopic (exact) mass is 154 g/mol. The molecule has 1 heterocycles. The van der Waals surface area contributed by atoms with Crippen LogP contribution >= 0.6 is 0 Å². The van der Waals surface area contributed by atoms with Crippen molar-refractivity contribution in [1.82, 2.24) is 4.90 Å². The molecule has 0 aliphatic carbocycles. The minimum Gasteiger partial charge on any atom is -0.465 e. The molecule has 4 nitrogen and oxygen atoms in total. The Hall–Kier alpha value is -1.24. The van der Waals surface area contributed by atoms with E-state index in [2.05, 4.69) is 0 Å². The van der Waals surface area contributed by atoms with E-state index in [1.807, 2.05) is 13.0 Å². The Balaban J connectivity index is 2.39. The first kappa shape index (κ1) is 7.86. The molecule has 0 aromatic heterocycles. The van der Waals surface area contributed by atoms with Gasteiger partial charge in [0.05, 0.1) is 6.07 Å². The molecule has 1 aliphatic heterocycles. The molecule has 1 rings (SSSR count). The molecule has 1 aliphatic rings. The summed E-state index contributed by atoms with van der Waals surface area (Å²) >= 11 is 0. The summed E-state index contributed by atoms with van der Waals surface area (Å²) in [6.45, 7) is 2.35. The first-order valence-corrected chi connectivity index (χ1v) is 3.53. The molecule has 0 saturated carbocycles. The molecule has 60 valence electrons. The maximum Gasteiger partial charge on any atom is 0.407 e. The molecule has 0 aromatic rings. The van der Waals surface area contributed by atoms with Gasteiger partial charge in [0.25, 0.3) is 0 Å². The predicted molar refractivity (Wildman–Crippen MR) is 37.9 cm³/mol. The summed E-state index contributed by atoms with van der Waals surface area (Å²) < 4.78 is 0. The molecule has 0 spiro atoms. The lowest BCUT2D eigenvalue weighted by molar-refractivity contribution is 0.0350. The van der Waals surface area contributed by atoms with Gasteiger partial charge in [-0.3, -0.25) is 0 Å². The van der Waals surface area contributed by atoms with Crippen LogP contribution in [0.2, 0.25) is 0 Å². The van der Waals surface area contributed by atoms with E-state index in [9.17, 15) is 4.79 Å². The van der Waals surface area contributed by atoms with Gasteiger partial charge in [-0.1, -0.05) is 0 Å². The molecule has 2 atom stereocenters. The zero-order chi connectivity index (χ0) is 8.43. The molecule has 11 heavy (non-hydrogen) atoms. The third-order valence-electron chi connectivity index (χ3n) is 2.20. The summed E-state index contributed by atoms with van der Waals surface area (Å²) in [6, 6.07) is 2.06. The summed E-state index contributed by atoms with van der Waals surface area (Å²) in [5, 5.41) is 16.9. The van der Waals surface area contributed by atoms with Gasteiger partial charge in [0.15, 0.2) is 0 Å². The van der Waals surface area contributed by atoms with E-state index in [0.717, 1.165) is 0 Å². The van der Waals surface area contributed by atoms with E-state index in [-0.39, 0.29) is 12.0 Å². The summed E-state index contributed by atoms with van der Waals surface area (Å²) in [6.07, 6.45) is -0.419. The molecule has 4 heteroatoms. The Morgan fingerprint density at radius 2 is 2.55 bits per heavy atom. The Labute approximate surface area is 65.0 Å². The van der Waals surface area contributed by atoms with E-state index < -0.39 is 6.09 Å². The third kappa shape index (κ3) is 1.27. The Kier molecular flexibility index (Phi) is 1.99. The molecule has 0 bridgehead atoms. The van der Waals surface area contributed by atoms with Gasteiger partial charge in [0, 0.05) is 24.9 Å². The number of hydrogen-bond acceptors (Lipinski definition) is 2. The van der Waals surface area contributed by atoms with Gasteiger partial charge in [-0.05, 0) is 6.92 Å². The molecule has 1 fully saturated rings. The fraction of sp³-hybridized carbons (Fsp3) is 0.714. The van der Waals surface area contributed by atoms with Gasteiger partial charge in [-0.25, -0.2) is 4.79 Å². The molecule has 0 radical (unpaired) electrons. The molecule has 0 aromatic carbocycles. The van der Waals surface area contributed by atoms with Crippen molar-refractivity contribution in [3.05, 3.63) is 0 Å². The van der Waals surface area contributed by atoms with Gasteiger partial charge in [-0.15, -0.1) is 0 Å². The van der Waals surface area contributed by atoms with Crippen molar-refractivity contribution < 1.29 is 9.90 Å². The second kappa shape index (κ2) is 2.79. The number of amides is 1. The number of carbonyl (C=O) groups is 1. The van der Waals surface area contributed by atoms with Crippen LogP contribution in [0.4, 0.5) is 4.79 Å². The highest BCUT2D eigenvalue weighted by Gasteiger charge is 2.38. The average Bonchev–Trinajstić information content (AvgIpc) is 1.95. The third-order valence-corrected chi connectivity index (χ3v) is 2.20. The standard InChI is InChI=1S/C7H10N2O2/c1-5-6(2-3-8)4-9(5)7(10)11/h5-6H,2,4H2,1H3,(H,10,11)/t5-,6-/m0/s1. The predicted octanol–water partition coefficient (Wildman–Crippen LogP) is 0.898. The van der Waals surface area contributed by atoms with Crippen molar-refractivity contribution in [2.24, 2.45) is 5.92 Å². The molecular weight excluding hydrogens is 144 g/mol. The summed E-state index contributed by atoms with van der Waals surface area (Å²) in [5.74, 6) is 0.246. The largest absolute Gasteiger partial charge is 0.465 e. The summed E-state index contributed by atoms with van der Waals surface area (Å²) in [5.41, 5.74) is 0. The second-order valence-electron chi connectivity index (χ2n) is 2.80. The first-order chi connectivity index (χ1) is 5.16. The molecule has 1 N–H and O–H groups in total. The van der Waals surface area contributed by atoms with E-state index in [4.69, 9.17) is 10.4 Å². The van der Waals surface area contributed by atoms with Crippen molar-refractivity contribution in [1.29, 1.82) is 5.26 Å². The van der Waals surface area contributed by atoms with Crippen LogP contribution < -0.4 is 0 Å². The quantitative estimate of drug-likeness (QED) is 0.610. The van der Waals surface area contributed by atoms with Gasteiger partial charge in [-0.2, -0.15) is 5.26 Å². The maximum absolute atomic E-state index is 10.4. The lowest BCUT2D eigenvalue weighted by Crippen LogP contribution is -2.56. The van der Waals surface area contributed by atoms with Crippen molar-refractivity contribution in [2.45, 2.75) is 19.4 Å². The minimum atomic E-state index is -0.883. The van der Waals surface area contributed by atoms with Crippen molar-refractivity contribution >= 4 is 6.09 Å². The fourth-order valence-corrected chi connectivity index (χ4v) is 1.29. The highest BCUT2D eigenvalue weighted by molar-refractivity contribution is 5.66. The maximum atomic E-state index is 10.4. The van der Waals surface area contributed by atoms with Crippen LogP contribution in [0, 0.1) is 17.2 Å². The van der Waals surface area contributed by atoms with Crippen LogP contribution in [0.15, 0.2) is 0 Å². The minimum absolute atomic E-state index is 0.0205. The van der Waals surface area contributed by atoms with Crippen molar-refractivity contribution in [3.8, 4) is 6.07 Å². The van der Waals surface area contributed by atoms with Gasteiger partial charge >= 0.3 is 6.09 Å². The van der Waals surface area contributed by atoms with Gasteiger partial charge in [0.1, 0.15) is 0 Å². The SMILES string of the molecule is C[C@H]1[C@@H](CC#N)CN1C(=O)O. The van der Waals surface area contributed by atoms with Crippen molar-refractivity contribution in [3.63, 3.8) is 0 Å². The normalized spacial score (nSPS) is 28.9. The lowest BCUT2D eigenvalue weighted by atomic mass is 9.88. The van der Waals surface area contributed by atoms with E-state index in [0.29, 0.717) is 13.0 Å². The van der Waals surface area contributed by atoms with Crippen molar-refractivity contribution in [2.75, 3.05) is 6.54 Å². The molecule has 1 saturated heterocycles. The van der Waals surface area contributed by atoms with Crippen LogP contribution in [0.3, 0.4) is 0 Å². The van der Waals surface area contributed by atoms with Crippen LogP contribution in [-0.2, 0) is 0 Å². The number of nitriles is 1. The van der Waals surface area contributed by atoms with E-state index in [1.54, 1.807) is 0 Å². The summed E-state index contributed by atoms with van der Waals surface area (Å²) in [7, 11) is 0. The average molecular weight is 154 g/mol. The molecule has 0 unspecified atom stereocenters. The smallest absolute Gasteiger partial charge is 0.407 e. The zero-order valence-electron chi connectivity index (χ0n) is 6.32. The van der Waals surface area contributed by atoms with Gasteiger partial charge in [0.2, 0.25) is 0 Å². The zero-order valence-corrected chi connectivity index (χ0v) is 6.32. The van der Waals surface area contributed by atoms with Crippen LogP contribution in [0.25, 0.3) is 0 Å². The first-order valence-electron chi connectivity index (χ1n) is 3.53. The van der Waals surface area contributed by atoms with E-state index >= 15 is 0 Å². The lowest BCUT2D eigenvalue weighted by Gasteiger charge is -2.43. The molecule has 1 amide bonds. The Morgan fingerprint density at radius 3 is 2.91 bits per heavy atom. The fourth-order valence-electron chi connectivity index (χ4n) is 1.29. The molecular formula is C7H10N2O2. The highest BCUT2D eigenvalue weighted by atomic mass is 16.4. The van der Waals surface area contributed by atoms with Crippen LogP contribution in [0.5, 0.6) is 0 Å². The topological polar surface area (TPSA) is 64.3 Å². The summed E-state index contributed by atoms with van der Waals surface area (Å²) in [4.78, 5) is 11.7. The number of rotatable bonds is 1. The Morgan fingerprint density at radius 1 is 1.91 bits per heavy atom. The second-order valence-corrected chi connectivity index (χ2v) is 2.80. The number of hydrogen-bond donors (Lipinski definition) is 1. The van der Waals surface area contributed by atoms with Gasteiger partial charge < -0.3 is 10.0 Å².